The maximum Gasteiger partial charge on any atom is 0.211 e. The highest BCUT2D eigenvalue weighted by atomic mass is 79.9. The van der Waals surface area contributed by atoms with Crippen molar-refractivity contribution >= 4 is 28.1 Å². The average Bonchev–Trinajstić information content (AvgIpc) is 2.54. The van der Waals surface area contributed by atoms with Gasteiger partial charge >= 0.3 is 0 Å². The Hall–Kier alpha value is -2.54. The fraction of sp³-hybridized carbons (Fsp3) is 0.125. The molecule has 2 rings (SSSR count). The summed E-state index contributed by atoms with van der Waals surface area (Å²) in [5.74, 6) is 1.16. The van der Waals surface area contributed by atoms with Gasteiger partial charge in [-0.1, -0.05) is 28.1 Å². The molecule has 0 atom stereocenters. The number of hydrogen-bond donors (Lipinski definition) is 2. The Kier molecular flexibility index (Phi) is 5.99. The van der Waals surface area contributed by atoms with Crippen LogP contribution in [0.1, 0.15) is 11.1 Å². The molecule has 0 aliphatic carbocycles. The van der Waals surface area contributed by atoms with E-state index in [0.717, 1.165) is 15.6 Å². The van der Waals surface area contributed by atoms with Crippen LogP contribution < -0.4 is 20.9 Å². The number of nitrogens with zero attached hydrogens (tertiary/aromatic N) is 2. The van der Waals surface area contributed by atoms with Crippen LogP contribution in [-0.4, -0.2) is 19.3 Å². The first-order valence-corrected chi connectivity index (χ1v) is 7.55. The summed E-state index contributed by atoms with van der Waals surface area (Å²) in [6.07, 6.45) is 1.53. The van der Waals surface area contributed by atoms with Gasteiger partial charge in [0.1, 0.15) is 6.61 Å². The van der Waals surface area contributed by atoms with Crippen molar-refractivity contribution in [2.24, 2.45) is 21.7 Å². The summed E-state index contributed by atoms with van der Waals surface area (Å²) in [5, 5.41) is 7.31. The fourth-order valence-electron chi connectivity index (χ4n) is 1.79. The van der Waals surface area contributed by atoms with Crippen LogP contribution in [0.3, 0.4) is 0 Å². The topological polar surface area (TPSA) is 95.2 Å². The third kappa shape index (κ3) is 5.30. The zero-order valence-electron chi connectivity index (χ0n) is 12.6. The van der Waals surface area contributed by atoms with Crippen molar-refractivity contribution in [2.45, 2.75) is 6.61 Å². The highest BCUT2D eigenvalue weighted by Gasteiger charge is 2.05. The normalized spacial score (nSPS) is 10.5. The van der Waals surface area contributed by atoms with Gasteiger partial charge in [-0.05, 0) is 41.5 Å². The van der Waals surface area contributed by atoms with Crippen LogP contribution in [0.2, 0.25) is 0 Å². The number of guanidine groups is 1. The Balaban J connectivity index is 2.08. The van der Waals surface area contributed by atoms with Crippen molar-refractivity contribution in [3.8, 4) is 11.5 Å². The molecule has 0 spiro atoms. The summed E-state index contributed by atoms with van der Waals surface area (Å²) in [5.41, 5.74) is 12.3. The third-order valence-electron chi connectivity index (χ3n) is 2.88. The predicted molar refractivity (Wildman–Crippen MR) is 94.9 cm³/mol. The molecular formula is C16H17BrN4O2. The lowest BCUT2D eigenvalue weighted by atomic mass is 10.2. The van der Waals surface area contributed by atoms with Gasteiger partial charge in [-0.3, -0.25) is 0 Å². The minimum atomic E-state index is -0.0948. The molecule has 0 aromatic heterocycles. The fourth-order valence-corrected chi connectivity index (χ4v) is 2.05. The zero-order valence-corrected chi connectivity index (χ0v) is 14.2. The Morgan fingerprint density at radius 3 is 2.52 bits per heavy atom. The Bertz CT molecular complexity index is 711. The van der Waals surface area contributed by atoms with Gasteiger partial charge in [-0.2, -0.15) is 5.10 Å². The average molecular weight is 377 g/mol. The molecule has 0 heterocycles. The number of ether oxygens (including phenoxy) is 2. The summed E-state index contributed by atoms with van der Waals surface area (Å²) < 4.78 is 12.2. The third-order valence-corrected chi connectivity index (χ3v) is 3.40. The molecule has 0 aliphatic heterocycles. The SMILES string of the molecule is COc1cc(/C=N\N=C(N)N)ccc1OCc1ccc(Br)cc1. The van der Waals surface area contributed by atoms with E-state index in [1.54, 1.807) is 13.2 Å². The molecule has 23 heavy (non-hydrogen) atoms. The van der Waals surface area contributed by atoms with Gasteiger partial charge in [0, 0.05) is 4.47 Å². The number of benzene rings is 2. The molecule has 0 radical (unpaired) electrons. The molecule has 0 bridgehead atoms. The van der Waals surface area contributed by atoms with E-state index in [4.69, 9.17) is 20.9 Å². The molecule has 0 fully saturated rings. The molecule has 0 aliphatic rings. The van der Waals surface area contributed by atoms with Crippen LogP contribution in [0.25, 0.3) is 0 Å². The van der Waals surface area contributed by atoms with Crippen LogP contribution in [0.15, 0.2) is 57.1 Å². The lowest BCUT2D eigenvalue weighted by Crippen LogP contribution is -2.21. The van der Waals surface area contributed by atoms with Crippen molar-refractivity contribution in [1.82, 2.24) is 0 Å². The second-order valence-electron chi connectivity index (χ2n) is 4.59. The van der Waals surface area contributed by atoms with Crippen molar-refractivity contribution in [1.29, 1.82) is 0 Å². The lowest BCUT2D eigenvalue weighted by Gasteiger charge is -2.11. The van der Waals surface area contributed by atoms with Gasteiger partial charge in [0.2, 0.25) is 5.96 Å². The van der Waals surface area contributed by atoms with Gasteiger partial charge in [-0.15, -0.1) is 5.10 Å². The van der Waals surface area contributed by atoms with Crippen LogP contribution in [0.5, 0.6) is 11.5 Å². The summed E-state index contributed by atoms with van der Waals surface area (Å²) in [7, 11) is 1.58. The lowest BCUT2D eigenvalue weighted by molar-refractivity contribution is 0.284. The first-order valence-electron chi connectivity index (χ1n) is 6.75. The number of halogens is 1. The second kappa shape index (κ2) is 8.19. The van der Waals surface area contributed by atoms with Gasteiger partial charge in [0.25, 0.3) is 0 Å². The van der Waals surface area contributed by atoms with E-state index < -0.39 is 0 Å². The zero-order chi connectivity index (χ0) is 16.7. The minimum Gasteiger partial charge on any atom is -0.493 e. The highest BCUT2D eigenvalue weighted by molar-refractivity contribution is 9.10. The molecular weight excluding hydrogens is 360 g/mol. The molecule has 2 aromatic rings. The first kappa shape index (κ1) is 16.8. The van der Waals surface area contributed by atoms with Crippen LogP contribution in [0.4, 0.5) is 0 Å². The van der Waals surface area contributed by atoms with Crippen molar-refractivity contribution in [3.63, 3.8) is 0 Å². The largest absolute Gasteiger partial charge is 0.493 e. The van der Waals surface area contributed by atoms with Gasteiger partial charge in [0.15, 0.2) is 11.5 Å². The van der Waals surface area contributed by atoms with E-state index in [9.17, 15) is 0 Å². The first-order chi connectivity index (χ1) is 11.1. The van der Waals surface area contributed by atoms with E-state index in [2.05, 4.69) is 26.1 Å². The molecule has 2 aromatic carbocycles. The van der Waals surface area contributed by atoms with Crippen molar-refractivity contribution < 1.29 is 9.47 Å². The smallest absolute Gasteiger partial charge is 0.211 e. The summed E-state index contributed by atoms with van der Waals surface area (Å²) in [6.45, 7) is 0.449. The Morgan fingerprint density at radius 2 is 1.87 bits per heavy atom. The molecule has 4 N–H and O–H groups in total. The molecule has 0 saturated carbocycles. The van der Waals surface area contributed by atoms with Crippen LogP contribution >= 0.6 is 15.9 Å². The van der Waals surface area contributed by atoms with Crippen molar-refractivity contribution in [2.75, 3.05) is 7.11 Å². The van der Waals surface area contributed by atoms with E-state index in [-0.39, 0.29) is 5.96 Å². The van der Waals surface area contributed by atoms with Crippen LogP contribution in [0, 0.1) is 0 Å². The van der Waals surface area contributed by atoms with E-state index in [1.165, 1.54) is 6.21 Å². The summed E-state index contributed by atoms with van der Waals surface area (Å²) >= 11 is 3.40. The number of methoxy groups -OCH3 is 1. The van der Waals surface area contributed by atoms with Crippen LogP contribution in [-0.2, 0) is 6.61 Å². The van der Waals surface area contributed by atoms with Gasteiger partial charge in [0.05, 0.1) is 13.3 Å². The molecule has 120 valence electrons. The maximum absolute atomic E-state index is 5.80. The van der Waals surface area contributed by atoms with Gasteiger partial charge in [-0.25, -0.2) is 0 Å². The predicted octanol–water partition coefficient (Wildman–Crippen LogP) is 2.64. The molecule has 0 unspecified atom stereocenters. The molecule has 0 amide bonds. The monoisotopic (exact) mass is 376 g/mol. The number of nitrogens with two attached hydrogens (primary N) is 2. The van der Waals surface area contributed by atoms with Gasteiger partial charge < -0.3 is 20.9 Å². The Labute approximate surface area is 142 Å². The molecule has 0 saturated heterocycles. The van der Waals surface area contributed by atoms with Crippen molar-refractivity contribution in [3.05, 3.63) is 58.1 Å². The standard InChI is InChI=1S/C16H17BrN4O2/c1-22-15-8-12(9-20-21-16(18)19)4-7-14(15)23-10-11-2-5-13(17)6-3-11/h2-9H,10H2,1H3,(H4,18,19,21)/b20-9-. The summed E-state index contributed by atoms with van der Waals surface area (Å²) in [4.78, 5) is 0. The van der Waals surface area contributed by atoms with E-state index >= 15 is 0 Å². The number of rotatable bonds is 6. The number of hydrogen-bond acceptors (Lipinski definition) is 4. The molecule has 7 heteroatoms. The minimum absolute atomic E-state index is 0.0948. The summed E-state index contributed by atoms with van der Waals surface area (Å²) in [6, 6.07) is 13.4. The second-order valence-corrected chi connectivity index (χ2v) is 5.51. The maximum atomic E-state index is 5.80. The van der Waals surface area contributed by atoms with E-state index in [1.807, 2.05) is 36.4 Å². The van der Waals surface area contributed by atoms with E-state index in [0.29, 0.717) is 18.1 Å². The highest BCUT2D eigenvalue weighted by Crippen LogP contribution is 2.28. The Morgan fingerprint density at radius 1 is 1.13 bits per heavy atom. The quantitative estimate of drug-likeness (QED) is 0.460. The molecule has 6 nitrogen and oxygen atoms in total.